The second-order valence-corrected chi connectivity index (χ2v) is 9.14. The highest BCUT2D eigenvalue weighted by Gasteiger charge is 2.11. The molecule has 6 nitrogen and oxygen atoms in total. The van der Waals surface area contributed by atoms with Gasteiger partial charge in [0.05, 0.1) is 24.2 Å². The predicted molar refractivity (Wildman–Crippen MR) is 142 cm³/mol. The largest absolute Gasteiger partial charge is 0.490 e. The molecule has 0 fully saturated rings. The number of halogens is 3. The number of ether oxygens (including phenoxy) is 2. The van der Waals surface area contributed by atoms with E-state index in [0.29, 0.717) is 47.3 Å². The molecule has 3 aromatic rings. The van der Waals surface area contributed by atoms with Crippen molar-refractivity contribution in [2.24, 2.45) is 0 Å². The Bertz CT molecular complexity index is 1110. The summed E-state index contributed by atoms with van der Waals surface area (Å²) in [7, 11) is 0. The van der Waals surface area contributed by atoms with Crippen LogP contribution >= 0.6 is 51.3 Å². The quantitative estimate of drug-likeness (QED) is 0.277. The zero-order chi connectivity index (χ0) is 23.8. The first-order valence-corrected chi connectivity index (χ1v) is 12.5. The predicted octanol–water partition coefficient (Wildman–Crippen LogP) is 6.33. The number of thiocarbonyl (C=S) groups is 1. The van der Waals surface area contributed by atoms with Crippen LogP contribution in [0.25, 0.3) is 0 Å². The average molecular weight is 572 g/mol. The van der Waals surface area contributed by atoms with Gasteiger partial charge in [-0.15, -0.1) is 0 Å². The van der Waals surface area contributed by atoms with Crippen LogP contribution in [0.5, 0.6) is 11.5 Å². The SMILES string of the molecule is CCOc1ccc(CCNC(=S)Nc2nn(Cc3ccc(Cl)cc3Cl)cc2Br)cc1OCC. The lowest BCUT2D eigenvalue weighted by Gasteiger charge is -2.13. The molecule has 0 amide bonds. The van der Waals surface area contributed by atoms with Crippen molar-refractivity contribution in [3.63, 3.8) is 0 Å². The van der Waals surface area contributed by atoms with Gasteiger partial charge in [0.2, 0.25) is 0 Å². The van der Waals surface area contributed by atoms with Crippen molar-refractivity contribution in [3.8, 4) is 11.5 Å². The molecule has 0 saturated carbocycles. The van der Waals surface area contributed by atoms with E-state index in [0.717, 1.165) is 33.5 Å². The van der Waals surface area contributed by atoms with Crippen LogP contribution in [0, 0.1) is 0 Å². The normalized spacial score (nSPS) is 10.7. The number of hydrogen-bond acceptors (Lipinski definition) is 4. The van der Waals surface area contributed by atoms with Gasteiger partial charge in [-0.2, -0.15) is 5.10 Å². The van der Waals surface area contributed by atoms with E-state index >= 15 is 0 Å². The van der Waals surface area contributed by atoms with Gasteiger partial charge in [-0.25, -0.2) is 0 Å². The van der Waals surface area contributed by atoms with Crippen LogP contribution in [0.3, 0.4) is 0 Å². The van der Waals surface area contributed by atoms with Gasteiger partial charge >= 0.3 is 0 Å². The summed E-state index contributed by atoms with van der Waals surface area (Å²) in [6.07, 6.45) is 2.64. The minimum Gasteiger partial charge on any atom is -0.490 e. The third-order valence-electron chi connectivity index (χ3n) is 4.60. The lowest BCUT2D eigenvalue weighted by Crippen LogP contribution is -2.30. The summed E-state index contributed by atoms with van der Waals surface area (Å²) < 4.78 is 13.9. The molecular weight excluding hydrogens is 547 g/mol. The average Bonchev–Trinajstić information content (AvgIpc) is 3.11. The summed E-state index contributed by atoms with van der Waals surface area (Å²) in [5.74, 6) is 2.14. The maximum absolute atomic E-state index is 6.27. The van der Waals surface area contributed by atoms with Crippen molar-refractivity contribution in [1.82, 2.24) is 15.1 Å². The molecule has 2 aromatic carbocycles. The summed E-state index contributed by atoms with van der Waals surface area (Å²) in [6.45, 7) is 6.26. The highest BCUT2D eigenvalue weighted by Crippen LogP contribution is 2.29. The van der Waals surface area contributed by atoms with Crippen LogP contribution in [0.2, 0.25) is 10.0 Å². The van der Waals surface area contributed by atoms with Gasteiger partial charge in [-0.1, -0.05) is 35.3 Å². The van der Waals surface area contributed by atoms with Crippen LogP contribution in [0.4, 0.5) is 5.82 Å². The van der Waals surface area contributed by atoms with Gasteiger partial charge in [0, 0.05) is 22.8 Å². The summed E-state index contributed by atoms with van der Waals surface area (Å²) in [5.41, 5.74) is 2.05. The van der Waals surface area contributed by atoms with Gasteiger partial charge < -0.3 is 20.1 Å². The maximum atomic E-state index is 6.27. The number of nitrogens with one attached hydrogen (secondary N) is 2. The number of aromatic nitrogens is 2. The number of rotatable bonds is 10. The Hall–Kier alpha value is -2.00. The van der Waals surface area contributed by atoms with Crippen molar-refractivity contribution in [2.75, 3.05) is 25.1 Å². The number of hydrogen-bond donors (Lipinski definition) is 2. The first kappa shape index (κ1) is 25.6. The van der Waals surface area contributed by atoms with Gasteiger partial charge in [0.1, 0.15) is 0 Å². The number of nitrogens with zero attached hydrogens (tertiary/aromatic N) is 2. The second-order valence-electron chi connectivity index (χ2n) is 7.04. The fourth-order valence-electron chi connectivity index (χ4n) is 3.11. The molecule has 0 bridgehead atoms. The van der Waals surface area contributed by atoms with Gasteiger partial charge in [-0.3, -0.25) is 4.68 Å². The molecule has 0 atom stereocenters. The third kappa shape index (κ3) is 7.50. The van der Waals surface area contributed by atoms with E-state index in [9.17, 15) is 0 Å². The van der Waals surface area contributed by atoms with E-state index in [1.807, 2.05) is 44.3 Å². The Morgan fingerprint density at radius 1 is 1.09 bits per heavy atom. The Morgan fingerprint density at radius 3 is 2.58 bits per heavy atom. The summed E-state index contributed by atoms with van der Waals surface area (Å²) in [4.78, 5) is 0. The van der Waals surface area contributed by atoms with E-state index in [2.05, 4.69) is 31.7 Å². The van der Waals surface area contributed by atoms with Crippen molar-refractivity contribution >= 4 is 62.3 Å². The zero-order valence-electron chi connectivity index (χ0n) is 18.3. The standard InChI is InChI=1S/C23H25BrCl2N4O2S/c1-3-31-20-8-5-15(11-21(20)32-4-2)9-10-27-23(33)28-22-18(24)14-30(29-22)13-16-6-7-17(25)12-19(16)26/h5-8,11-12,14H,3-4,9-10,13H2,1-2H3,(H2,27,28,29,33). The Labute approximate surface area is 217 Å². The van der Waals surface area contributed by atoms with Crippen LogP contribution in [-0.4, -0.2) is 34.7 Å². The Balaban J connectivity index is 1.53. The third-order valence-corrected chi connectivity index (χ3v) is 6.02. The van der Waals surface area contributed by atoms with Gasteiger partial charge in [0.25, 0.3) is 0 Å². The Morgan fingerprint density at radius 2 is 1.85 bits per heavy atom. The van der Waals surface area contributed by atoms with E-state index in [4.69, 9.17) is 44.9 Å². The molecule has 1 heterocycles. The summed E-state index contributed by atoms with van der Waals surface area (Å²) in [6, 6.07) is 11.4. The molecule has 0 unspecified atom stereocenters. The Kier molecular flexibility index (Phi) is 9.67. The lowest BCUT2D eigenvalue weighted by molar-refractivity contribution is 0.287. The topological polar surface area (TPSA) is 60.3 Å². The number of benzene rings is 2. The van der Waals surface area contributed by atoms with E-state index in [-0.39, 0.29) is 0 Å². The second kappa shape index (κ2) is 12.5. The van der Waals surface area contributed by atoms with Gasteiger partial charge in [-0.05, 0) is 83.8 Å². The van der Waals surface area contributed by atoms with Crippen LogP contribution in [-0.2, 0) is 13.0 Å². The van der Waals surface area contributed by atoms with Crippen molar-refractivity contribution in [1.29, 1.82) is 0 Å². The molecule has 0 aliphatic rings. The minimum atomic E-state index is 0.487. The fourth-order valence-corrected chi connectivity index (χ4v) is 4.19. The lowest BCUT2D eigenvalue weighted by atomic mass is 10.1. The maximum Gasteiger partial charge on any atom is 0.172 e. The molecule has 10 heteroatoms. The minimum absolute atomic E-state index is 0.487. The molecule has 2 N–H and O–H groups in total. The molecule has 0 saturated heterocycles. The summed E-state index contributed by atoms with van der Waals surface area (Å²) in [5, 5.41) is 12.6. The highest BCUT2D eigenvalue weighted by molar-refractivity contribution is 9.10. The molecule has 1 aromatic heterocycles. The molecule has 0 aliphatic carbocycles. The van der Waals surface area contributed by atoms with E-state index < -0.39 is 0 Å². The molecule has 0 radical (unpaired) electrons. The van der Waals surface area contributed by atoms with Crippen molar-refractivity contribution < 1.29 is 9.47 Å². The molecule has 33 heavy (non-hydrogen) atoms. The van der Waals surface area contributed by atoms with E-state index in [1.165, 1.54) is 0 Å². The first-order chi connectivity index (χ1) is 15.9. The van der Waals surface area contributed by atoms with Crippen LogP contribution in [0.15, 0.2) is 47.1 Å². The fraction of sp³-hybridized carbons (Fsp3) is 0.304. The van der Waals surface area contributed by atoms with Gasteiger partial charge in [0.15, 0.2) is 22.4 Å². The van der Waals surface area contributed by atoms with Crippen LogP contribution in [0.1, 0.15) is 25.0 Å². The van der Waals surface area contributed by atoms with E-state index in [1.54, 1.807) is 16.8 Å². The monoisotopic (exact) mass is 570 g/mol. The number of anilines is 1. The van der Waals surface area contributed by atoms with Crippen molar-refractivity contribution in [2.45, 2.75) is 26.8 Å². The molecule has 176 valence electrons. The van der Waals surface area contributed by atoms with Crippen LogP contribution < -0.4 is 20.1 Å². The smallest absolute Gasteiger partial charge is 0.172 e. The van der Waals surface area contributed by atoms with Crippen molar-refractivity contribution in [3.05, 3.63) is 68.2 Å². The highest BCUT2D eigenvalue weighted by atomic mass is 79.9. The molecule has 3 rings (SSSR count). The zero-order valence-corrected chi connectivity index (χ0v) is 22.2. The molecule has 0 aliphatic heterocycles. The first-order valence-electron chi connectivity index (χ1n) is 10.5. The molecular formula is C23H25BrCl2N4O2S. The molecule has 0 spiro atoms. The summed E-state index contributed by atoms with van der Waals surface area (Å²) >= 11 is 21.2.